The minimum absolute atomic E-state index is 0. The largest absolute Gasteiger partial charge is 2.00 e. The van der Waals surface area contributed by atoms with Gasteiger partial charge in [0.2, 0.25) is 0 Å². The SMILES string of the molecule is C=[N+]([O-])[CH-]C.[CH3-].[U+2]. The molecular formula is C4H9NOU. The summed E-state index contributed by atoms with van der Waals surface area (Å²) >= 11 is 0. The van der Waals surface area contributed by atoms with E-state index in [0.717, 1.165) is 0 Å². The molecule has 0 unspecified atom stereocenters. The van der Waals surface area contributed by atoms with Gasteiger partial charge in [0, 0.05) is 13.3 Å². The molecule has 7 heavy (non-hydrogen) atoms. The van der Waals surface area contributed by atoms with Crippen LogP contribution in [-0.2, 0) is 0 Å². The summed E-state index contributed by atoms with van der Waals surface area (Å²) in [6.07, 6.45) is 0. The van der Waals surface area contributed by atoms with Gasteiger partial charge in [-0.1, -0.05) is 6.92 Å². The third kappa shape index (κ3) is 21.5. The second kappa shape index (κ2) is 9.63. The predicted octanol–water partition coefficient (Wildman–Crippen LogP) is 0.829. The van der Waals surface area contributed by atoms with Crippen molar-refractivity contribution in [3.05, 3.63) is 19.2 Å². The van der Waals surface area contributed by atoms with Gasteiger partial charge in [0.05, 0.1) is 0 Å². The molecule has 0 amide bonds. The Balaban J connectivity index is -0.0000000800. The zero-order chi connectivity index (χ0) is 4.28. The van der Waals surface area contributed by atoms with Crippen LogP contribution in [0.4, 0.5) is 0 Å². The summed E-state index contributed by atoms with van der Waals surface area (Å²) in [5.74, 6) is 0. The van der Waals surface area contributed by atoms with Crippen molar-refractivity contribution in [2.24, 2.45) is 0 Å². The topological polar surface area (TPSA) is 26.1 Å². The predicted molar refractivity (Wildman–Crippen MR) is 27.1 cm³/mol. The molecule has 2 nitrogen and oxygen atoms in total. The second-order valence-electron chi connectivity index (χ2n) is 0.675. The third-order valence-corrected chi connectivity index (χ3v) is 0.288. The number of nitrogens with zero attached hydrogens (tertiary/aromatic N) is 1. The molecule has 0 bridgehead atoms. The standard InChI is InChI=1S/C3H6NO.CH3.U/c1-3-4(2)5;;/h3H,2H2,1H3;1H3;/q2*-1;+2. The van der Waals surface area contributed by atoms with Crippen molar-refractivity contribution in [1.82, 2.24) is 0 Å². The summed E-state index contributed by atoms with van der Waals surface area (Å²) in [6.45, 7) is 5.94. The normalized spacial score (nSPS) is 4.71. The Hall–Kier alpha value is 0.392. The number of hydroxylamine groups is 1. The van der Waals surface area contributed by atoms with E-state index in [1.807, 2.05) is 0 Å². The average Bonchev–Trinajstić information content (AvgIpc) is 1.38. The molecule has 0 N–H and O–H groups in total. The minimum atomic E-state index is 0. The first-order chi connectivity index (χ1) is 2.27. The molecule has 0 aromatic heterocycles. The van der Waals surface area contributed by atoms with Crippen LogP contribution >= 0.6 is 0 Å². The van der Waals surface area contributed by atoms with Crippen molar-refractivity contribution in [3.8, 4) is 0 Å². The van der Waals surface area contributed by atoms with Crippen molar-refractivity contribution in [2.75, 3.05) is 0 Å². The van der Waals surface area contributed by atoms with Gasteiger partial charge in [-0.2, -0.15) is 0 Å². The summed E-state index contributed by atoms with van der Waals surface area (Å²) in [4.78, 5) is 0. The maximum Gasteiger partial charge on any atom is 2.00 e. The molecule has 0 saturated carbocycles. The fraction of sp³-hybridized carbons (Fsp3) is 0.250. The van der Waals surface area contributed by atoms with Gasteiger partial charge < -0.3 is 17.4 Å². The molecule has 0 aliphatic rings. The van der Waals surface area contributed by atoms with E-state index in [1.54, 1.807) is 6.92 Å². The van der Waals surface area contributed by atoms with Crippen LogP contribution in [0.5, 0.6) is 0 Å². The van der Waals surface area contributed by atoms with E-state index in [9.17, 15) is 5.21 Å². The van der Waals surface area contributed by atoms with Crippen LogP contribution in [0.15, 0.2) is 0 Å². The maximum atomic E-state index is 9.56. The van der Waals surface area contributed by atoms with Gasteiger partial charge in [-0.15, -0.1) is 0 Å². The van der Waals surface area contributed by atoms with Gasteiger partial charge in [-0.25, -0.2) is 0 Å². The van der Waals surface area contributed by atoms with Gasteiger partial charge in [0.25, 0.3) is 0 Å². The Morgan fingerprint density at radius 3 is 1.86 bits per heavy atom. The number of hydrogen-bond donors (Lipinski definition) is 0. The van der Waals surface area contributed by atoms with E-state index >= 15 is 0 Å². The van der Waals surface area contributed by atoms with E-state index in [4.69, 9.17) is 0 Å². The second-order valence-corrected chi connectivity index (χ2v) is 0.675. The Kier molecular flexibility index (Phi) is 21.5. The first kappa shape index (κ1) is 15.7. The molecule has 0 heterocycles. The smallest absolute Gasteiger partial charge is 0.651 e. The molecule has 40 valence electrons. The van der Waals surface area contributed by atoms with Gasteiger partial charge in [-0.3, -0.25) is 0 Å². The zero-order valence-electron chi connectivity index (χ0n) is 4.64. The van der Waals surface area contributed by atoms with Crippen molar-refractivity contribution < 1.29 is 35.9 Å². The van der Waals surface area contributed by atoms with Crippen molar-refractivity contribution in [2.45, 2.75) is 6.92 Å². The molecule has 0 atom stereocenters. The van der Waals surface area contributed by atoms with Crippen LogP contribution in [0.3, 0.4) is 0 Å². The molecule has 3 heteroatoms. The molecular weight excluding hydrogens is 316 g/mol. The van der Waals surface area contributed by atoms with Gasteiger partial charge in [0.1, 0.15) is 0 Å². The van der Waals surface area contributed by atoms with E-state index < -0.39 is 0 Å². The van der Waals surface area contributed by atoms with E-state index in [0.29, 0.717) is 4.74 Å². The Labute approximate surface area is 68.6 Å². The van der Waals surface area contributed by atoms with Crippen LogP contribution in [-0.4, -0.2) is 11.5 Å². The Bertz CT molecular complexity index is 47.0. The van der Waals surface area contributed by atoms with Crippen molar-refractivity contribution in [3.63, 3.8) is 0 Å². The summed E-state index contributed by atoms with van der Waals surface area (Å²) in [6, 6.07) is 0. The molecule has 0 aliphatic heterocycles. The Morgan fingerprint density at radius 2 is 1.86 bits per heavy atom. The van der Waals surface area contributed by atoms with Crippen molar-refractivity contribution in [1.29, 1.82) is 0 Å². The van der Waals surface area contributed by atoms with Crippen molar-refractivity contribution >= 4 is 6.72 Å². The van der Waals surface area contributed by atoms with Gasteiger partial charge in [0.15, 0.2) is 0 Å². The van der Waals surface area contributed by atoms with E-state index in [2.05, 4.69) is 6.72 Å². The quantitative estimate of drug-likeness (QED) is 0.231. The van der Waals surface area contributed by atoms with Crippen LogP contribution in [0.1, 0.15) is 6.92 Å². The van der Waals surface area contributed by atoms with Crippen LogP contribution < -0.4 is 0 Å². The fourth-order valence-electron chi connectivity index (χ4n) is 0. The summed E-state index contributed by atoms with van der Waals surface area (Å²) < 4.78 is 0.500. The van der Waals surface area contributed by atoms with E-state index in [1.165, 1.54) is 6.54 Å². The first-order valence-corrected chi connectivity index (χ1v) is 1.33. The number of rotatable bonds is 1. The van der Waals surface area contributed by atoms with Crippen LogP contribution in [0.2, 0.25) is 0 Å². The first-order valence-electron chi connectivity index (χ1n) is 1.33. The molecule has 0 saturated heterocycles. The average molecular weight is 325 g/mol. The summed E-state index contributed by atoms with van der Waals surface area (Å²) in [5, 5.41) is 9.56. The molecule has 0 spiro atoms. The Morgan fingerprint density at radius 1 is 1.71 bits per heavy atom. The van der Waals surface area contributed by atoms with Gasteiger partial charge in [-0.05, 0) is 0 Å². The van der Waals surface area contributed by atoms with E-state index in [-0.39, 0.29) is 38.5 Å². The maximum absolute atomic E-state index is 9.56. The summed E-state index contributed by atoms with van der Waals surface area (Å²) in [7, 11) is 0. The zero-order valence-corrected chi connectivity index (χ0v) is 8.80. The molecule has 0 aromatic carbocycles. The molecule has 0 aliphatic carbocycles. The van der Waals surface area contributed by atoms with Crippen LogP contribution in [0, 0.1) is 50.3 Å². The molecule has 0 rings (SSSR count). The van der Waals surface area contributed by atoms with Gasteiger partial charge >= 0.3 is 31.1 Å². The monoisotopic (exact) mass is 325 g/mol. The molecule has 0 fully saturated rings. The molecule has 0 radical (unpaired) electrons. The summed E-state index contributed by atoms with van der Waals surface area (Å²) in [5.41, 5.74) is 0. The third-order valence-electron chi connectivity index (χ3n) is 0.288. The minimum Gasteiger partial charge on any atom is -0.651 e. The number of hydrogen-bond acceptors (Lipinski definition) is 1. The fourth-order valence-corrected chi connectivity index (χ4v) is 0. The van der Waals surface area contributed by atoms with Crippen LogP contribution in [0.25, 0.3) is 0 Å². The molecule has 0 aromatic rings.